The van der Waals surface area contributed by atoms with Crippen molar-refractivity contribution >= 4 is 28.3 Å². The van der Waals surface area contributed by atoms with Gasteiger partial charge in [-0.3, -0.25) is 10.2 Å². The zero-order valence-electron chi connectivity index (χ0n) is 23.2. The summed E-state index contributed by atoms with van der Waals surface area (Å²) in [5.41, 5.74) is 3.48. The van der Waals surface area contributed by atoms with Crippen LogP contribution in [0.15, 0.2) is 66.7 Å². The van der Waals surface area contributed by atoms with E-state index in [1.807, 2.05) is 73.7 Å². The van der Waals surface area contributed by atoms with Gasteiger partial charge in [-0.15, -0.1) is 0 Å². The second-order valence-corrected chi connectivity index (χ2v) is 11.0. The second kappa shape index (κ2) is 11.5. The molecule has 5 rings (SSSR count). The number of anilines is 2. The SMILES string of the molecule is Cc1ccc(-n2nc(C(C)(C)C)cc2NC(=O)Nc2ccc(OCCN3CCOCC3)c3ccccc23)cc1.[HH].[HH]. The second-order valence-electron chi connectivity index (χ2n) is 11.0. The van der Waals surface area contributed by atoms with Gasteiger partial charge in [0.2, 0.25) is 0 Å². The van der Waals surface area contributed by atoms with Crippen LogP contribution in [0, 0.1) is 6.92 Å². The lowest BCUT2D eigenvalue weighted by molar-refractivity contribution is 0.0323. The van der Waals surface area contributed by atoms with Gasteiger partial charge in [0.25, 0.3) is 0 Å². The molecule has 0 aliphatic carbocycles. The van der Waals surface area contributed by atoms with E-state index >= 15 is 0 Å². The fourth-order valence-corrected chi connectivity index (χ4v) is 4.61. The molecule has 0 unspecified atom stereocenters. The van der Waals surface area contributed by atoms with Gasteiger partial charge in [-0.25, -0.2) is 9.48 Å². The molecule has 0 spiro atoms. The van der Waals surface area contributed by atoms with Gasteiger partial charge in [-0.2, -0.15) is 5.10 Å². The highest BCUT2D eigenvalue weighted by atomic mass is 16.5. The van der Waals surface area contributed by atoms with E-state index in [0.717, 1.165) is 66.3 Å². The summed E-state index contributed by atoms with van der Waals surface area (Å²) < 4.78 is 13.4. The Labute approximate surface area is 232 Å². The summed E-state index contributed by atoms with van der Waals surface area (Å²) >= 11 is 0. The number of carbonyl (C=O) groups is 1. The van der Waals surface area contributed by atoms with Crippen LogP contribution in [-0.2, 0) is 10.2 Å². The van der Waals surface area contributed by atoms with Crippen LogP contribution >= 0.6 is 0 Å². The van der Waals surface area contributed by atoms with E-state index in [-0.39, 0.29) is 14.3 Å². The number of ether oxygens (including phenoxy) is 2. The Kier molecular flexibility index (Phi) is 7.86. The molecule has 1 fully saturated rings. The minimum Gasteiger partial charge on any atom is -0.492 e. The molecule has 208 valence electrons. The number of morpholine rings is 1. The number of hydrogen-bond donors (Lipinski definition) is 2. The first-order chi connectivity index (χ1) is 18.8. The smallest absolute Gasteiger partial charge is 0.324 e. The average Bonchev–Trinajstić information content (AvgIpc) is 3.35. The summed E-state index contributed by atoms with van der Waals surface area (Å²) in [5.74, 6) is 1.41. The average molecular weight is 532 g/mol. The van der Waals surface area contributed by atoms with Gasteiger partial charge in [0.15, 0.2) is 0 Å². The summed E-state index contributed by atoms with van der Waals surface area (Å²) in [4.78, 5) is 15.6. The maximum Gasteiger partial charge on any atom is 0.324 e. The Morgan fingerprint density at radius 2 is 1.72 bits per heavy atom. The minimum atomic E-state index is -0.338. The highest BCUT2D eigenvalue weighted by Gasteiger charge is 2.22. The van der Waals surface area contributed by atoms with Crippen molar-refractivity contribution in [3.63, 3.8) is 0 Å². The van der Waals surface area contributed by atoms with Crippen LogP contribution < -0.4 is 15.4 Å². The monoisotopic (exact) mass is 531 g/mol. The number of aromatic nitrogens is 2. The molecule has 8 heteroatoms. The third-order valence-electron chi connectivity index (χ3n) is 6.90. The molecule has 0 radical (unpaired) electrons. The van der Waals surface area contributed by atoms with Crippen molar-refractivity contribution in [3.8, 4) is 11.4 Å². The summed E-state index contributed by atoms with van der Waals surface area (Å²) in [6, 6.07) is 21.4. The van der Waals surface area contributed by atoms with E-state index in [4.69, 9.17) is 14.6 Å². The number of amides is 2. The molecule has 2 N–H and O–H groups in total. The Bertz CT molecular complexity index is 1440. The standard InChI is InChI=1S/C31H37N5O3.2H2/c1-22-9-11-23(12-10-22)36-29(21-28(34-36)31(2,3)4)33-30(37)32-26-13-14-27(25-8-6-5-7-24(25)26)39-20-17-35-15-18-38-19-16-35;;/h5-14,21H,15-20H2,1-4H3,(H2,32,33,37);2*1H. The molecule has 8 nitrogen and oxygen atoms in total. The van der Waals surface area contributed by atoms with E-state index in [0.29, 0.717) is 18.1 Å². The van der Waals surface area contributed by atoms with E-state index in [9.17, 15) is 4.79 Å². The van der Waals surface area contributed by atoms with Gasteiger partial charge in [0.1, 0.15) is 18.2 Å². The fourth-order valence-electron chi connectivity index (χ4n) is 4.61. The van der Waals surface area contributed by atoms with Crippen molar-refractivity contribution in [2.45, 2.75) is 33.1 Å². The first kappa shape index (κ1) is 26.7. The zero-order valence-corrected chi connectivity index (χ0v) is 23.2. The number of aryl methyl sites for hydroxylation is 1. The predicted octanol–water partition coefficient (Wildman–Crippen LogP) is 6.48. The molecule has 1 saturated heterocycles. The van der Waals surface area contributed by atoms with E-state index in [2.05, 4.69) is 36.3 Å². The molecule has 2 amide bonds. The molecule has 1 aliphatic heterocycles. The molecule has 2 heterocycles. The van der Waals surface area contributed by atoms with Crippen molar-refractivity contribution in [3.05, 3.63) is 78.0 Å². The molecular formula is C31H41N5O3. The van der Waals surface area contributed by atoms with Crippen LogP contribution in [0.4, 0.5) is 16.3 Å². The topological polar surface area (TPSA) is 80.7 Å². The third-order valence-corrected chi connectivity index (χ3v) is 6.90. The third kappa shape index (κ3) is 6.41. The number of hydrogen-bond acceptors (Lipinski definition) is 5. The number of nitrogens with zero attached hydrogens (tertiary/aromatic N) is 3. The van der Waals surface area contributed by atoms with Crippen LogP contribution in [0.2, 0.25) is 0 Å². The number of carbonyl (C=O) groups excluding carboxylic acids is 1. The highest BCUT2D eigenvalue weighted by Crippen LogP contribution is 2.32. The normalized spacial score (nSPS) is 14.4. The van der Waals surface area contributed by atoms with Crippen molar-refractivity contribution in [1.82, 2.24) is 14.7 Å². The molecule has 4 aromatic rings. The Morgan fingerprint density at radius 1 is 1.00 bits per heavy atom. The van der Waals surface area contributed by atoms with Crippen molar-refractivity contribution in [2.75, 3.05) is 50.1 Å². The minimum absolute atomic E-state index is 0. The summed E-state index contributed by atoms with van der Waals surface area (Å²) in [7, 11) is 0. The predicted molar refractivity (Wildman–Crippen MR) is 161 cm³/mol. The number of benzene rings is 3. The van der Waals surface area contributed by atoms with Crippen LogP contribution in [0.5, 0.6) is 5.75 Å². The zero-order chi connectivity index (χ0) is 27.4. The van der Waals surface area contributed by atoms with Gasteiger partial charge in [0, 0.05) is 44.7 Å². The highest BCUT2D eigenvalue weighted by molar-refractivity contribution is 6.07. The molecular weight excluding hydrogens is 490 g/mol. The number of urea groups is 1. The van der Waals surface area contributed by atoms with E-state index in [1.165, 1.54) is 0 Å². The Morgan fingerprint density at radius 3 is 2.44 bits per heavy atom. The fraction of sp³-hybridized carbons (Fsp3) is 0.355. The van der Waals surface area contributed by atoms with Crippen LogP contribution in [0.1, 0.15) is 34.9 Å². The van der Waals surface area contributed by atoms with Crippen LogP contribution in [-0.4, -0.2) is 60.2 Å². The van der Waals surface area contributed by atoms with Crippen LogP contribution in [0.3, 0.4) is 0 Å². The quantitative estimate of drug-likeness (QED) is 0.285. The molecule has 1 aromatic heterocycles. The Balaban J connectivity index is 0.00000231. The van der Waals surface area contributed by atoms with E-state index in [1.54, 1.807) is 4.68 Å². The van der Waals surface area contributed by atoms with Gasteiger partial charge in [-0.1, -0.05) is 62.7 Å². The number of rotatable bonds is 7. The first-order valence-corrected chi connectivity index (χ1v) is 13.5. The molecule has 0 bridgehead atoms. The van der Waals surface area contributed by atoms with E-state index < -0.39 is 0 Å². The largest absolute Gasteiger partial charge is 0.492 e. The van der Waals surface area contributed by atoms with Crippen molar-refractivity contribution < 1.29 is 17.1 Å². The summed E-state index contributed by atoms with van der Waals surface area (Å²) in [5, 5.41) is 12.7. The maximum atomic E-state index is 13.2. The first-order valence-electron chi connectivity index (χ1n) is 13.5. The molecule has 0 saturated carbocycles. The molecule has 39 heavy (non-hydrogen) atoms. The van der Waals surface area contributed by atoms with Gasteiger partial charge >= 0.3 is 6.03 Å². The Hall–Kier alpha value is -3.88. The lowest BCUT2D eigenvalue weighted by atomic mass is 9.92. The molecule has 0 atom stereocenters. The molecule has 3 aromatic carbocycles. The number of fused-ring (bicyclic) bond motifs is 1. The maximum absolute atomic E-state index is 13.2. The lowest BCUT2D eigenvalue weighted by Crippen LogP contribution is -2.38. The van der Waals surface area contributed by atoms with Crippen molar-refractivity contribution in [2.24, 2.45) is 0 Å². The summed E-state index contributed by atoms with van der Waals surface area (Å²) in [6.45, 7) is 13.2. The van der Waals surface area contributed by atoms with Gasteiger partial charge in [-0.05, 0) is 31.2 Å². The molecule has 1 aliphatic rings. The number of nitrogens with one attached hydrogen (secondary N) is 2. The van der Waals surface area contributed by atoms with Gasteiger partial charge < -0.3 is 14.8 Å². The lowest BCUT2D eigenvalue weighted by Gasteiger charge is -2.26. The van der Waals surface area contributed by atoms with Crippen LogP contribution in [0.25, 0.3) is 16.5 Å². The van der Waals surface area contributed by atoms with Gasteiger partial charge in [0.05, 0.1) is 30.3 Å². The summed E-state index contributed by atoms with van der Waals surface area (Å²) in [6.07, 6.45) is 0. The van der Waals surface area contributed by atoms with Crippen molar-refractivity contribution in [1.29, 1.82) is 0 Å².